The Balaban J connectivity index is 2.67. The van der Waals surface area contributed by atoms with Crippen molar-refractivity contribution in [1.29, 1.82) is 0 Å². The Bertz CT molecular complexity index is 171. The summed E-state index contributed by atoms with van der Waals surface area (Å²) >= 11 is 0. The van der Waals surface area contributed by atoms with E-state index in [1.807, 2.05) is 6.92 Å². The van der Waals surface area contributed by atoms with Crippen LogP contribution in [0, 0.1) is 0 Å². The van der Waals surface area contributed by atoms with E-state index in [1.165, 1.54) is 12.5 Å². The molecule has 50 valence electrons. The summed E-state index contributed by atoms with van der Waals surface area (Å²) in [6.07, 6.45) is 3.76. The number of rotatable bonds is 0. The van der Waals surface area contributed by atoms with Crippen molar-refractivity contribution in [2.75, 3.05) is 0 Å². The molecule has 0 aliphatic heterocycles. The van der Waals surface area contributed by atoms with Crippen molar-refractivity contribution in [3.8, 4) is 0 Å². The molecule has 0 saturated heterocycles. The van der Waals surface area contributed by atoms with Gasteiger partial charge in [-0.25, -0.2) is 4.39 Å². The maximum absolute atomic E-state index is 12.4. The summed E-state index contributed by atoms with van der Waals surface area (Å²) in [5, 5.41) is 0. The molecule has 0 radical (unpaired) electrons. The molecule has 0 N–H and O–H groups in total. The molecule has 1 aliphatic rings. The molecule has 0 amide bonds. The topological polar surface area (TPSA) is 0 Å². The van der Waals surface area contributed by atoms with E-state index in [9.17, 15) is 4.39 Å². The smallest absolute Gasteiger partial charge is 0.0967 e. The minimum Gasteiger partial charge on any atom is -0.212 e. The molecule has 9 heavy (non-hydrogen) atoms. The highest BCUT2D eigenvalue weighted by Crippen LogP contribution is 2.26. The van der Waals surface area contributed by atoms with Gasteiger partial charge in [0.15, 0.2) is 0 Å². The fraction of sp³-hybridized carbons (Fsp3) is 0.500. The number of allylic oxidation sites excluding steroid dienone is 4. The zero-order valence-corrected chi connectivity index (χ0v) is 5.87. The third-order valence-corrected chi connectivity index (χ3v) is 1.68. The van der Waals surface area contributed by atoms with Gasteiger partial charge in [-0.1, -0.05) is 11.6 Å². The first kappa shape index (κ1) is 6.53. The summed E-state index contributed by atoms with van der Waals surface area (Å²) < 4.78 is 12.4. The lowest BCUT2D eigenvalue weighted by atomic mass is 10.2. The molecular formula is C8H11F. The third-order valence-electron chi connectivity index (χ3n) is 1.68. The van der Waals surface area contributed by atoms with E-state index in [0.29, 0.717) is 0 Å². The molecule has 0 unspecified atom stereocenters. The van der Waals surface area contributed by atoms with Gasteiger partial charge in [0.2, 0.25) is 0 Å². The van der Waals surface area contributed by atoms with Gasteiger partial charge in [-0.05, 0) is 32.3 Å². The van der Waals surface area contributed by atoms with Crippen LogP contribution in [0.2, 0.25) is 0 Å². The van der Waals surface area contributed by atoms with Crippen LogP contribution in [0.1, 0.15) is 26.7 Å². The van der Waals surface area contributed by atoms with Gasteiger partial charge < -0.3 is 0 Å². The highest BCUT2D eigenvalue weighted by atomic mass is 19.1. The lowest BCUT2D eigenvalue weighted by Crippen LogP contribution is -1.76. The van der Waals surface area contributed by atoms with Crippen LogP contribution in [0.15, 0.2) is 23.0 Å². The summed E-state index contributed by atoms with van der Waals surface area (Å²) in [6, 6.07) is 0. The molecule has 0 atom stereocenters. The van der Waals surface area contributed by atoms with E-state index in [-0.39, 0.29) is 5.83 Å². The first-order chi connectivity index (χ1) is 4.20. The maximum Gasteiger partial charge on any atom is 0.0967 e. The molecular weight excluding hydrogens is 115 g/mol. The number of hydrogen-bond donors (Lipinski definition) is 0. The highest BCUT2D eigenvalue weighted by Gasteiger charge is 2.07. The average molecular weight is 126 g/mol. The van der Waals surface area contributed by atoms with Crippen LogP contribution >= 0.6 is 0 Å². The van der Waals surface area contributed by atoms with Crippen molar-refractivity contribution in [2.45, 2.75) is 26.7 Å². The molecule has 1 heteroatoms. The molecule has 0 fully saturated rings. The van der Waals surface area contributed by atoms with Gasteiger partial charge in [0.25, 0.3) is 0 Å². The second-order valence-electron chi connectivity index (χ2n) is 2.57. The molecule has 0 aromatic heterocycles. The summed E-state index contributed by atoms with van der Waals surface area (Å²) in [5.41, 5.74) is 2.24. The Morgan fingerprint density at radius 2 is 2.33 bits per heavy atom. The van der Waals surface area contributed by atoms with Crippen molar-refractivity contribution in [3.63, 3.8) is 0 Å². The van der Waals surface area contributed by atoms with Crippen LogP contribution in [0.25, 0.3) is 0 Å². The zero-order valence-electron chi connectivity index (χ0n) is 5.87. The van der Waals surface area contributed by atoms with E-state index in [4.69, 9.17) is 0 Å². The Labute approximate surface area is 55.1 Å². The fourth-order valence-corrected chi connectivity index (χ4v) is 1.04. The standard InChI is InChI=1S/C8H11F/c1-6-3-4-8(5-6)7(2)9/h3H,4-5H2,1-2H3/b8-7-. The van der Waals surface area contributed by atoms with E-state index in [2.05, 4.69) is 6.08 Å². The largest absolute Gasteiger partial charge is 0.212 e. The molecule has 0 heterocycles. The minimum absolute atomic E-state index is 0.00287. The monoisotopic (exact) mass is 126 g/mol. The summed E-state index contributed by atoms with van der Waals surface area (Å²) in [7, 11) is 0. The molecule has 0 aromatic carbocycles. The quantitative estimate of drug-likeness (QED) is 0.438. The van der Waals surface area contributed by atoms with Gasteiger partial charge in [-0.3, -0.25) is 0 Å². The molecule has 0 nitrogen and oxygen atoms in total. The average Bonchev–Trinajstić information content (AvgIpc) is 2.14. The van der Waals surface area contributed by atoms with Crippen molar-refractivity contribution < 1.29 is 4.39 Å². The predicted octanol–water partition coefficient (Wildman–Crippen LogP) is 2.97. The van der Waals surface area contributed by atoms with Crippen LogP contribution in [0.5, 0.6) is 0 Å². The fourth-order valence-electron chi connectivity index (χ4n) is 1.04. The predicted molar refractivity (Wildman–Crippen MR) is 36.8 cm³/mol. The van der Waals surface area contributed by atoms with E-state index in [1.54, 1.807) is 0 Å². The van der Waals surface area contributed by atoms with Gasteiger partial charge >= 0.3 is 0 Å². The van der Waals surface area contributed by atoms with E-state index >= 15 is 0 Å². The van der Waals surface area contributed by atoms with E-state index < -0.39 is 0 Å². The van der Waals surface area contributed by atoms with Crippen molar-refractivity contribution in [1.82, 2.24) is 0 Å². The SMILES string of the molecule is CC1=CC/C(=C(\C)F)C1. The van der Waals surface area contributed by atoms with Crippen LogP contribution < -0.4 is 0 Å². The minimum atomic E-state index is 0.00287. The molecule has 0 saturated carbocycles. The van der Waals surface area contributed by atoms with Gasteiger partial charge in [-0.2, -0.15) is 0 Å². The van der Waals surface area contributed by atoms with Crippen LogP contribution in [-0.2, 0) is 0 Å². The number of hydrogen-bond acceptors (Lipinski definition) is 0. The Morgan fingerprint density at radius 1 is 1.67 bits per heavy atom. The van der Waals surface area contributed by atoms with Crippen molar-refractivity contribution in [2.24, 2.45) is 0 Å². The summed E-state index contributed by atoms with van der Waals surface area (Å²) in [4.78, 5) is 0. The summed E-state index contributed by atoms with van der Waals surface area (Å²) in [5.74, 6) is 0.00287. The highest BCUT2D eigenvalue weighted by molar-refractivity contribution is 5.25. The number of halogens is 1. The second kappa shape index (κ2) is 2.34. The van der Waals surface area contributed by atoms with Gasteiger partial charge in [0, 0.05) is 0 Å². The third kappa shape index (κ3) is 1.41. The second-order valence-corrected chi connectivity index (χ2v) is 2.57. The maximum atomic E-state index is 12.4. The van der Waals surface area contributed by atoms with Gasteiger partial charge in [0.1, 0.15) is 0 Å². The van der Waals surface area contributed by atoms with Crippen molar-refractivity contribution in [3.05, 3.63) is 23.0 Å². The molecule has 1 aliphatic carbocycles. The zero-order chi connectivity index (χ0) is 6.85. The lowest BCUT2D eigenvalue weighted by Gasteiger charge is -1.94. The van der Waals surface area contributed by atoms with Gasteiger partial charge in [0.05, 0.1) is 5.83 Å². The molecule has 0 bridgehead atoms. The first-order valence-corrected chi connectivity index (χ1v) is 3.20. The molecule has 1 rings (SSSR count). The molecule has 0 aromatic rings. The molecule has 0 spiro atoms. The van der Waals surface area contributed by atoms with Crippen LogP contribution in [0.3, 0.4) is 0 Å². The van der Waals surface area contributed by atoms with Gasteiger partial charge in [-0.15, -0.1) is 0 Å². The van der Waals surface area contributed by atoms with Crippen LogP contribution in [-0.4, -0.2) is 0 Å². The van der Waals surface area contributed by atoms with Crippen LogP contribution in [0.4, 0.5) is 4.39 Å². The first-order valence-electron chi connectivity index (χ1n) is 3.20. The van der Waals surface area contributed by atoms with Crippen molar-refractivity contribution >= 4 is 0 Å². The normalized spacial score (nSPS) is 24.1. The van der Waals surface area contributed by atoms with E-state index in [0.717, 1.165) is 18.4 Å². The Morgan fingerprint density at radius 3 is 2.56 bits per heavy atom. The summed E-state index contributed by atoms with van der Waals surface area (Å²) in [6.45, 7) is 3.57. The lowest BCUT2D eigenvalue weighted by molar-refractivity contribution is 0.621. The Kier molecular flexibility index (Phi) is 1.70. The Hall–Kier alpha value is -0.590.